The van der Waals surface area contributed by atoms with Gasteiger partial charge in [-0.25, -0.2) is 0 Å². The summed E-state index contributed by atoms with van der Waals surface area (Å²) in [5.74, 6) is 0.819. The fraction of sp³-hybridized carbons (Fsp3) is 0.750. The Balaban J connectivity index is 2.22. The molecule has 0 fully saturated rings. The van der Waals surface area contributed by atoms with Crippen LogP contribution in [0.3, 0.4) is 0 Å². The summed E-state index contributed by atoms with van der Waals surface area (Å²) in [5.41, 5.74) is 3.36. The van der Waals surface area contributed by atoms with Gasteiger partial charge in [-0.2, -0.15) is 5.10 Å². The molecule has 0 saturated carbocycles. The van der Waals surface area contributed by atoms with E-state index in [2.05, 4.69) is 32.9 Å². The zero-order valence-corrected chi connectivity index (χ0v) is 9.67. The Labute approximate surface area is 86.3 Å². The fourth-order valence-corrected chi connectivity index (χ4v) is 2.42. The Bertz CT molecular complexity index is 331. The number of rotatable bonds is 0. The first-order chi connectivity index (χ1) is 6.48. The molecule has 78 valence electrons. The first-order valence-electron chi connectivity index (χ1n) is 5.48. The van der Waals surface area contributed by atoms with E-state index in [0.29, 0.717) is 5.41 Å². The minimum absolute atomic E-state index is 0.438. The number of hydrogen-bond donors (Lipinski definition) is 0. The van der Waals surface area contributed by atoms with Crippen molar-refractivity contribution in [3.05, 3.63) is 17.5 Å². The molecule has 1 heterocycles. The largest absolute Gasteiger partial charge is 0.272 e. The highest BCUT2D eigenvalue weighted by Gasteiger charge is 2.29. The van der Waals surface area contributed by atoms with Crippen LogP contribution in [0.5, 0.6) is 0 Å². The maximum Gasteiger partial charge on any atom is 0.0524 e. The van der Waals surface area contributed by atoms with Gasteiger partial charge < -0.3 is 0 Å². The van der Waals surface area contributed by atoms with Crippen molar-refractivity contribution in [2.75, 3.05) is 0 Å². The molecule has 0 N–H and O–H groups in total. The van der Waals surface area contributed by atoms with Gasteiger partial charge in [0.05, 0.1) is 6.20 Å². The molecule has 0 saturated heterocycles. The van der Waals surface area contributed by atoms with Gasteiger partial charge in [-0.05, 0) is 36.2 Å². The molecule has 0 bridgehead atoms. The summed E-state index contributed by atoms with van der Waals surface area (Å²) in [7, 11) is 2.05. The quantitative estimate of drug-likeness (QED) is 0.617. The molecule has 0 amide bonds. The third kappa shape index (κ3) is 1.58. The average molecular weight is 192 g/mol. The Kier molecular flexibility index (Phi) is 2.17. The van der Waals surface area contributed by atoms with Crippen LogP contribution in [0.1, 0.15) is 38.4 Å². The average Bonchev–Trinajstić information content (AvgIpc) is 2.46. The molecule has 2 nitrogen and oxygen atoms in total. The molecule has 1 aromatic heterocycles. The maximum absolute atomic E-state index is 4.33. The predicted octanol–water partition coefficient (Wildman–Crippen LogP) is 2.57. The van der Waals surface area contributed by atoms with Crippen LogP contribution in [0.2, 0.25) is 0 Å². The Morgan fingerprint density at radius 2 is 2.14 bits per heavy atom. The minimum atomic E-state index is 0.438. The van der Waals surface area contributed by atoms with Crippen LogP contribution in [0, 0.1) is 11.3 Å². The zero-order chi connectivity index (χ0) is 10.3. The predicted molar refractivity (Wildman–Crippen MR) is 58.2 cm³/mol. The van der Waals surface area contributed by atoms with Gasteiger partial charge in [0.15, 0.2) is 0 Å². The molecule has 1 atom stereocenters. The molecule has 1 aromatic rings. The van der Waals surface area contributed by atoms with Crippen molar-refractivity contribution in [2.45, 2.75) is 40.0 Å². The van der Waals surface area contributed by atoms with Crippen molar-refractivity contribution >= 4 is 0 Å². The molecule has 0 radical (unpaired) electrons. The van der Waals surface area contributed by atoms with Gasteiger partial charge in [0.25, 0.3) is 0 Å². The lowest BCUT2D eigenvalue weighted by Gasteiger charge is -2.33. The van der Waals surface area contributed by atoms with Gasteiger partial charge in [-0.15, -0.1) is 0 Å². The second-order valence-corrected chi connectivity index (χ2v) is 5.55. The number of aromatic nitrogens is 2. The maximum atomic E-state index is 4.33. The first kappa shape index (κ1) is 9.75. The number of aryl methyl sites for hydroxylation is 1. The van der Waals surface area contributed by atoms with E-state index in [1.165, 1.54) is 30.5 Å². The molecule has 0 aliphatic heterocycles. The zero-order valence-electron chi connectivity index (χ0n) is 9.67. The van der Waals surface area contributed by atoms with Crippen LogP contribution in [-0.2, 0) is 19.9 Å². The van der Waals surface area contributed by atoms with E-state index in [1.54, 1.807) is 0 Å². The molecule has 2 rings (SSSR count). The molecule has 1 aliphatic carbocycles. The van der Waals surface area contributed by atoms with E-state index >= 15 is 0 Å². The number of fused-ring (bicyclic) bond motifs is 1. The summed E-state index contributed by atoms with van der Waals surface area (Å²) >= 11 is 0. The lowest BCUT2D eigenvalue weighted by atomic mass is 9.72. The molecule has 0 aromatic carbocycles. The van der Waals surface area contributed by atoms with E-state index in [4.69, 9.17) is 0 Å². The van der Waals surface area contributed by atoms with E-state index < -0.39 is 0 Å². The highest BCUT2D eigenvalue weighted by molar-refractivity contribution is 5.21. The van der Waals surface area contributed by atoms with Gasteiger partial charge >= 0.3 is 0 Å². The number of nitrogens with zero attached hydrogens (tertiary/aromatic N) is 2. The fourth-order valence-electron chi connectivity index (χ4n) is 2.42. The monoisotopic (exact) mass is 192 g/mol. The first-order valence-corrected chi connectivity index (χ1v) is 5.48. The standard InChI is InChI=1S/C12H20N2/c1-12(2,3)10-5-6-11-9(7-10)8-13-14(11)4/h8,10H,5-7H2,1-4H3/t10-/m1/s1. The van der Waals surface area contributed by atoms with Crippen LogP contribution in [0.15, 0.2) is 6.20 Å². The van der Waals surface area contributed by atoms with Crippen molar-refractivity contribution in [3.8, 4) is 0 Å². The van der Waals surface area contributed by atoms with Gasteiger partial charge in [0.2, 0.25) is 0 Å². The molecule has 0 spiro atoms. The van der Waals surface area contributed by atoms with Crippen LogP contribution < -0.4 is 0 Å². The number of hydrogen-bond acceptors (Lipinski definition) is 1. The molecule has 0 unspecified atom stereocenters. The lowest BCUT2D eigenvalue weighted by Crippen LogP contribution is -2.27. The summed E-state index contributed by atoms with van der Waals surface area (Å²) in [6.07, 6.45) is 5.78. The smallest absolute Gasteiger partial charge is 0.0524 e. The third-order valence-electron chi connectivity index (χ3n) is 3.57. The molecule has 1 aliphatic rings. The Hall–Kier alpha value is -0.790. The van der Waals surface area contributed by atoms with Gasteiger partial charge in [-0.3, -0.25) is 4.68 Å². The van der Waals surface area contributed by atoms with E-state index in [0.717, 1.165) is 5.92 Å². The second kappa shape index (κ2) is 3.11. The summed E-state index contributed by atoms with van der Waals surface area (Å²) in [6.45, 7) is 7.04. The Morgan fingerprint density at radius 1 is 1.43 bits per heavy atom. The topological polar surface area (TPSA) is 17.8 Å². The van der Waals surface area contributed by atoms with Crippen molar-refractivity contribution in [3.63, 3.8) is 0 Å². The summed E-state index contributed by atoms with van der Waals surface area (Å²) in [4.78, 5) is 0. The van der Waals surface area contributed by atoms with Crippen molar-refractivity contribution in [1.29, 1.82) is 0 Å². The lowest BCUT2D eigenvalue weighted by molar-refractivity contribution is 0.214. The van der Waals surface area contributed by atoms with Crippen molar-refractivity contribution < 1.29 is 0 Å². The summed E-state index contributed by atoms with van der Waals surface area (Å²) < 4.78 is 2.04. The molecular formula is C12H20N2. The molecular weight excluding hydrogens is 172 g/mol. The van der Waals surface area contributed by atoms with E-state index in [-0.39, 0.29) is 0 Å². The SMILES string of the molecule is Cn1ncc2c1CC[C@@H](C(C)(C)C)C2. The van der Waals surface area contributed by atoms with Gasteiger partial charge in [0.1, 0.15) is 0 Å². The highest BCUT2D eigenvalue weighted by atomic mass is 15.3. The van der Waals surface area contributed by atoms with Gasteiger partial charge in [0, 0.05) is 12.7 Å². The molecule has 14 heavy (non-hydrogen) atoms. The minimum Gasteiger partial charge on any atom is -0.272 e. The van der Waals surface area contributed by atoms with E-state index in [9.17, 15) is 0 Å². The third-order valence-corrected chi connectivity index (χ3v) is 3.57. The second-order valence-electron chi connectivity index (χ2n) is 5.55. The summed E-state index contributed by atoms with van der Waals surface area (Å²) in [6, 6.07) is 0. The van der Waals surface area contributed by atoms with Gasteiger partial charge in [-0.1, -0.05) is 20.8 Å². The van der Waals surface area contributed by atoms with Crippen LogP contribution in [-0.4, -0.2) is 9.78 Å². The summed E-state index contributed by atoms with van der Waals surface area (Å²) in [5, 5.41) is 4.33. The van der Waals surface area contributed by atoms with Crippen molar-refractivity contribution in [2.24, 2.45) is 18.4 Å². The normalized spacial score (nSPS) is 22.1. The van der Waals surface area contributed by atoms with E-state index in [1.807, 2.05) is 10.9 Å². The highest BCUT2D eigenvalue weighted by Crippen LogP contribution is 2.36. The van der Waals surface area contributed by atoms with Crippen LogP contribution in [0.25, 0.3) is 0 Å². The van der Waals surface area contributed by atoms with Crippen LogP contribution in [0.4, 0.5) is 0 Å². The van der Waals surface area contributed by atoms with Crippen LogP contribution >= 0.6 is 0 Å². The Morgan fingerprint density at radius 3 is 2.79 bits per heavy atom. The van der Waals surface area contributed by atoms with Crippen molar-refractivity contribution in [1.82, 2.24) is 9.78 Å². The molecule has 2 heteroatoms.